The van der Waals surface area contributed by atoms with Crippen LogP contribution in [0.25, 0.3) is 0 Å². The SMILES string of the molecule is CCCOC(=O)c1snnc1C(C)C. The number of nitrogens with zero attached hydrogens (tertiary/aromatic N) is 2. The summed E-state index contributed by atoms with van der Waals surface area (Å²) in [5, 5.41) is 3.91. The molecular weight excluding hydrogens is 200 g/mol. The predicted molar refractivity (Wildman–Crippen MR) is 54.6 cm³/mol. The van der Waals surface area contributed by atoms with Crippen LogP contribution in [0.15, 0.2) is 0 Å². The van der Waals surface area contributed by atoms with Gasteiger partial charge in [-0.25, -0.2) is 4.79 Å². The average Bonchev–Trinajstić information content (AvgIpc) is 2.62. The van der Waals surface area contributed by atoms with Crippen molar-refractivity contribution in [1.82, 2.24) is 9.59 Å². The van der Waals surface area contributed by atoms with Gasteiger partial charge in [0.15, 0.2) is 4.88 Å². The number of ether oxygens (including phenoxy) is 1. The van der Waals surface area contributed by atoms with E-state index < -0.39 is 0 Å². The lowest BCUT2D eigenvalue weighted by molar-refractivity contribution is 0.0509. The van der Waals surface area contributed by atoms with E-state index in [1.54, 1.807) is 0 Å². The van der Waals surface area contributed by atoms with Crippen LogP contribution in [-0.2, 0) is 4.74 Å². The summed E-state index contributed by atoms with van der Waals surface area (Å²) < 4.78 is 8.78. The Morgan fingerprint density at radius 1 is 1.57 bits per heavy atom. The lowest BCUT2D eigenvalue weighted by Crippen LogP contribution is -2.07. The van der Waals surface area contributed by atoms with Crippen molar-refractivity contribution in [2.45, 2.75) is 33.1 Å². The van der Waals surface area contributed by atoms with Crippen LogP contribution >= 0.6 is 11.5 Å². The average molecular weight is 214 g/mol. The molecule has 0 fully saturated rings. The molecule has 1 heterocycles. The highest BCUT2D eigenvalue weighted by Gasteiger charge is 2.19. The molecule has 5 heteroatoms. The van der Waals surface area contributed by atoms with Crippen molar-refractivity contribution in [3.05, 3.63) is 10.6 Å². The smallest absolute Gasteiger partial charge is 0.351 e. The molecule has 0 aliphatic heterocycles. The monoisotopic (exact) mass is 214 g/mol. The molecule has 1 aromatic rings. The lowest BCUT2D eigenvalue weighted by Gasteiger charge is -2.03. The van der Waals surface area contributed by atoms with E-state index in [-0.39, 0.29) is 11.9 Å². The second-order valence-electron chi connectivity index (χ2n) is 3.28. The summed E-state index contributed by atoms with van der Waals surface area (Å²) in [5.74, 6) is -0.0940. The summed E-state index contributed by atoms with van der Waals surface area (Å²) >= 11 is 1.10. The molecule has 78 valence electrons. The highest BCUT2D eigenvalue weighted by molar-refractivity contribution is 7.07. The van der Waals surface area contributed by atoms with Crippen LogP contribution < -0.4 is 0 Å². The molecule has 0 N–H and O–H groups in total. The molecule has 14 heavy (non-hydrogen) atoms. The zero-order chi connectivity index (χ0) is 10.6. The Kier molecular flexibility index (Phi) is 4.00. The lowest BCUT2D eigenvalue weighted by atomic mass is 10.1. The van der Waals surface area contributed by atoms with Gasteiger partial charge in [-0.05, 0) is 23.9 Å². The van der Waals surface area contributed by atoms with E-state index in [2.05, 4.69) is 9.59 Å². The molecule has 4 nitrogen and oxygen atoms in total. The third-order valence-electron chi connectivity index (χ3n) is 1.68. The van der Waals surface area contributed by atoms with Gasteiger partial charge in [0, 0.05) is 0 Å². The van der Waals surface area contributed by atoms with Crippen LogP contribution in [0.1, 0.15) is 48.5 Å². The first-order valence-corrected chi connectivity index (χ1v) is 5.43. The van der Waals surface area contributed by atoms with Crippen LogP contribution in [0.2, 0.25) is 0 Å². The Morgan fingerprint density at radius 2 is 2.29 bits per heavy atom. The second-order valence-corrected chi connectivity index (χ2v) is 4.03. The Labute approximate surface area is 87.5 Å². The van der Waals surface area contributed by atoms with Crippen LogP contribution in [0.5, 0.6) is 0 Å². The Hall–Kier alpha value is -0.970. The number of esters is 1. The van der Waals surface area contributed by atoms with Gasteiger partial charge in [0.2, 0.25) is 0 Å². The maximum absolute atomic E-state index is 11.5. The van der Waals surface area contributed by atoms with Gasteiger partial charge in [0.1, 0.15) is 0 Å². The number of hydrogen-bond acceptors (Lipinski definition) is 5. The summed E-state index contributed by atoms with van der Waals surface area (Å²) in [6.07, 6.45) is 0.828. The molecule has 0 saturated carbocycles. The molecule has 1 rings (SSSR count). The van der Waals surface area contributed by atoms with E-state index in [1.807, 2.05) is 20.8 Å². The summed E-state index contributed by atoms with van der Waals surface area (Å²) in [4.78, 5) is 12.0. The van der Waals surface area contributed by atoms with Gasteiger partial charge >= 0.3 is 5.97 Å². The first kappa shape index (κ1) is 11.1. The normalized spacial score (nSPS) is 10.6. The van der Waals surface area contributed by atoms with Crippen molar-refractivity contribution >= 4 is 17.5 Å². The van der Waals surface area contributed by atoms with Gasteiger partial charge < -0.3 is 4.74 Å². The maximum atomic E-state index is 11.5. The van der Waals surface area contributed by atoms with E-state index in [9.17, 15) is 4.79 Å². The molecule has 1 aromatic heterocycles. The van der Waals surface area contributed by atoms with Crippen LogP contribution in [0.3, 0.4) is 0 Å². The fourth-order valence-electron chi connectivity index (χ4n) is 0.977. The van der Waals surface area contributed by atoms with E-state index in [0.29, 0.717) is 11.5 Å². The fraction of sp³-hybridized carbons (Fsp3) is 0.667. The Bertz CT molecular complexity index is 310. The molecule has 0 aliphatic rings. The molecule has 0 unspecified atom stereocenters. The van der Waals surface area contributed by atoms with Crippen LogP contribution in [-0.4, -0.2) is 22.2 Å². The third-order valence-corrected chi connectivity index (χ3v) is 2.40. The van der Waals surface area contributed by atoms with Crippen molar-refractivity contribution < 1.29 is 9.53 Å². The van der Waals surface area contributed by atoms with E-state index >= 15 is 0 Å². The zero-order valence-corrected chi connectivity index (χ0v) is 9.43. The van der Waals surface area contributed by atoms with Crippen LogP contribution in [0.4, 0.5) is 0 Å². The first-order chi connectivity index (χ1) is 6.66. The number of carbonyl (C=O) groups excluding carboxylic acids is 1. The zero-order valence-electron chi connectivity index (χ0n) is 8.61. The Morgan fingerprint density at radius 3 is 2.86 bits per heavy atom. The molecule has 0 aliphatic carbocycles. The minimum atomic E-state index is -0.300. The van der Waals surface area contributed by atoms with Crippen LogP contribution in [0, 0.1) is 0 Å². The van der Waals surface area contributed by atoms with Crippen molar-refractivity contribution in [3.63, 3.8) is 0 Å². The third kappa shape index (κ3) is 2.51. The standard InChI is InChI=1S/C9H14N2O2S/c1-4-5-13-9(12)8-7(6(2)3)10-11-14-8/h6H,4-5H2,1-3H3. The molecule has 0 bridgehead atoms. The topological polar surface area (TPSA) is 52.1 Å². The van der Waals surface area contributed by atoms with Gasteiger partial charge in [0.05, 0.1) is 12.3 Å². The number of aromatic nitrogens is 2. The van der Waals surface area contributed by atoms with Gasteiger partial charge in [0.25, 0.3) is 0 Å². The van der Waals surface area contributed by atoms with Gasteiger partial charge in [-0.15, -0.1) is 5.10 Å². The number of rotatable bonds is 4. The van der Waals surface area contributed by atoms with Crippen molar-refractivity contribution in [2.75, 3.05) is 6.61 Å². The minimum Gasteiger partial charge on any atom is -0.461 e. The van der Waals surface area contributed by atoms with Crippen molar-refractivity contribution in [1.29, 1.82) is 0 Å². The molecule has 0 aromatic carbocycles. The maximum Gasteiger partial charge on any atom is 0.351 e. The molecule has 0 atom stereocenters. The second kappa shape index (κ2) is 5.05. The minimum absolute atomic E-state index is 0.206. The predicted octanol–water partition coefficient (Wildman–Crippen LogP) is 2.23. The fourth-order valence-corrected chi connectivity index (χ4v) is 1.69. The van der Waals surface area contributed by atoms with Gasteiger partial charge in [-0.1, -0.05) is 25.3 Å². The van der Waals surface area contributed by atoms with E-state index in [4.69, 9.17) is 4.74 Å². The summed E-state index contributed by atoms with van der Waals surface area (Å²) in [6, 6.07) is 0. The molecule has 0 saturated heterocycles. The number of hydrogen-bond donors (Lipinski definition) is 0. The summed E-state index contributed by atoms with van der Waals surface area (Å²) in [7, 11) is 0. The molecular formula is C9H14N2O2S. The number of carbonyl (C=O) groups is 1. The largest absolute Gasteiger partial charge is 0.461 e. The summed E-state index contributed by atoms with van der Waals surface area (Å²) in [6.45, 7) is 6.37. The molecule has 0 amide bonds. The van der Waals surface area contributed by atoms with E-state index in [0.717, 1.165) is 23.6 Å². The van der Waals surface area contributed by atoms with Crippen molar-refractivity contribution in [2.24, 2.45) is 0 Å². The van der Waals surface area contributed by atoms with E-state index in [1.165, 1.54) is 0 Å². The molecule has 0 radical (unpaired) electrons. The van der Waals surface area contributed by atoms with Gasteiger partial charge in [-0.3, -0.25) is 0 Å². The molecule has 0 spiro atoms. The van der Waals surface area contributed by atoms with Gasteiger partial charge in [-0.2, -0.15) is 0 Å². The summed E-state index contributed by atoms with van der Waals surface area (Å²) in [5.41, 5.74) is 0.733. The first-order valence-electron chi connectivity index (χ1n) is 4.66. The highest BCUT2D eigenvalue weighted by Crippen LogP contribution is 2.20. The Balaban J connectivity index is 2.74. The van der Waals surface area contributed by atoms with Crippen molar-refractivity contribution in [3.8, 4) is 0 Å². The quantitative estimate of drug-likeness (QED) is 0.721. The highest BCUT2D eigenvalue weighted by atomic mass is 32.1.